The van der Waals surface area contributed by atoms with Crippen LogP contribution in [0.2, 0.25) is 0 Å². The fraction of sp³-hybridized carbons (Fsp3) is 0.500. The Balaban J connectivity index is 2.18. The summed E-state index contributed by atoms with van der Waals surface area (Å²) in [5.41, 5.74) is -3.34. The summed E-state index contributed by atoms with van der Waals surface area (Å²) in [4.78, 5) is 37.4. The van der Waals surface area contributed by atoms with Crippen molar-refractivity contribution < 1.29 is 54.6 Å². The number of nitrogens with zero attached hydrogens (tertiary/aromatic N) is 1. The van der Waals surface area contributed by atoms with Crippen molar-refractivity contribution in [1.29, 1.82) is 0 Å². The minimum atomic E-state index is -6.02. The first-order valence-corrected chi connectivity index (χ1v) is 9.33. The van der Waals surface area contributed by atoms with E-state index in [9.17, 15) is 54.6 Å². The van der Waals surface area contributed by atoms with E-state index in [4.69, 9.17) is 0 Å². The van der Waals surface area contributed by atoms with Gasteiger partial charge in [0.15, 0.2) is 0 Å². The standard InChI is InChI=1S/C18H18F8N4O4/c1-15(34,13(32)27-7-16(19,20)18(24,25)26)14(33)29-10-6-30(8-17(21,22)23)11-5-3-2-4-9(11)28-12(10)31/h2-5,10,34H,6-8H2,1H3,(H,27,32)(H,28,31)(H,29,33)/t10-,15-/m0/s1. The number of aliphatic hydroxyl groups is 1. The summed E-state index contributed by atoms with van der Waals surface area (Å²) in [5, 5.41) is 15.3. The zero-order valence-electron chi connectivity index (χ0n) is 17.2. The first-order chi connectivity index (χ1) is 15.3. The van der Waals surface area contributed by atoms with Gasteiger partial charge >= 0.3 is 18.3 Å². The zero-order valence-corrected chi connectivity index (χ0v) is 17.2. The van der Waals surface area contributed by atoms with Crippen LogP contribution in [-0.2, 0) is 14.4 Å². The van der Waals surface area contributed by atoms with Gasteiger partial charge in [-0.3, -0.25) is 14.4 Å². The van der Waals surface area contributed by atoms with E-state index in [1.165, 1.54) is 24.3 Å². The molecule has 2 rings (SSSR count). The summed E-state index contributed by atoms with van der Waals surface area (Å²) >= 11 is 0. The molecule has 1 heterocycles. The maximum atomic E-state index is 13.0. The second kappa shape index (κ2) is 9.23. The van der Waals surface area contributed by atoms with Crippen LogP contribution in [0.3, 0.4) is 0 Å². The van der Waals surface area contributed by atoms with Gasteiger partial charge in [-0.25, -0.2) is 0 Å². The van der Waals surface area contributed by atoms with E-state index in [0.29, 0.717) is 11.8 Å². The molecule has 0 bridgehead atoms. The van der Waals surface area contributed by atoms with Crippen molar-refractivity contribution in [1.82, 2.24) is 10.6 Å². The molecule has 4 N–H and O–H groups in total. The molecule has 2 atom stereocenters. The van der Waals surface area contributed by atoms with Crippen LogP contribution in [0.4, 0.5) is 46.5 Å². The molecule has 0 aromatic heterocycles. The molecule has 0 spiro atoms. The van der Waals surface area contributed by atoms with Crippen molar-refractivity contribution in [3.05, 3.63) is 24.3 Å². The van der Waals surface area contributed by atoms with Crippen molar-refractivity contribution in [2.75, 3.05) is 29.9 Å². The van der Waals surface area contributed by atoms with Gasteiger partial charge < -0.3 is 26.0 Å². The number of hydrogen-bond acceptors (Lipinski definition) is 5. The molecule has 3 amide bonds. The number of carbonyl (C=O) groups is 3. The topological polar surface area (TPSA) is 111 Å². The van der Waals surface area contributed by atoms with Crippen molar-refractivity contribution in [2.24, 2.45) is 0 Å². The Bertz CT molecular complexity index is 949. The van der Waals surface area contributed by atoms with Crippen LogP contribution in [0.5, 0.6) is 0 Å². The normalized spacial score (nSPS) is 18.8. The van der Waals surface area contributed by atoms with Crippen LogP contribution in [0, 0.1) is 0 Å². The lowest BCUT2D eigenvalue weighted by Gasteiger charge is -2.29. The molecule has 0 radical (unpaired) electrons. The van der Waals surface area contributed by atoms with E-state index >= 15 is 0 Å². The predicted octanol–water partition coefficient (Wildman–Crippen LogP) is 1.56. The first kappa shape index (κ1) is 27.1. The highest BCUT2D eigenvalue weighted by molar-refractivity contribution is 6.10. The highest BCUT2D eigenvalue weighted by atomic mass is 19.4. The number of rotatable bonds is 6. The maximum Gasteiger partial charge on any atom is 0.455 e. The van der Waals surface area contributed by atoms with Gasteiger partial charge in [0.2, 0.25) is 11.5 Å². The van der Waals surface area contributed by atoms with E-state index in [2.05, 4.69) is 5.32 Å². The third kappa shape index (κ3) is 6.24. The van der Waals surface area contributed by atoms with Gasteiger partial charge in [-0.2, -0.15) is 35.1 Å². The number of carbonyl (C=O) groups excluding carboxylic acids is 3. The Morgan fingerprint density at radius 2 is 1.68 bits per heavy atom. The summed E-state index contributed by atoms with van der Waals surface area (Å²) in [6.45, 7) is -4.18. The van der Waals surface area contributed by atoms with Gasteiger partial charge in [-0.05, 0) is 19.1 Å². The minimum absolute atomic E-state index is 0.0348. The van der Waals surface area contributed by atoms with Crippen LogP contribution in [0.1, 0.15) is 6.92 Å². The number of fused-ring (bicyclic) bond motifs is 1. The van der Waals surface area contributed by atoms with Crippen LogP contribution < -0.4 is 20.9 Å². The molecule has 1 aromatic carbocycles. The quantitative estimate of drug-likeness (QED) is 0.346. The van der Waals surface area contributed by atoms with Gasteiger partial charge in [0.1, 0.15) is 12.6 Å². The predicted molar refractivity (Wildman–Crippen MR) is 99.9 cm³/mol. The van der Waals surface area contributed by atoms with E-state index in [1.807, 2.05) is 5.32 Å². The van der Waals surface area contributed by atoms with Crippen LogP contribution in [0.25, 0.3) is 0 Å². The fourth-order valence-corrected chi connectivity index (χ4v) is 2.82. The molecule has 0 unspecified atom stereocenters. The molecule has 1 aliphatic heterocycles. The zero-order chi connectivity index (χ0) is 26.1. The third-order valence-electron chi connectivity index (χ3n) is 4.67. The molecule has 0 saturated carbocycles. The number of alkyl halides is 8. The van der Waals surface area contributed by atoms with E-state index < -0.39 is 67.3 Å². The van der Waals surface area contributed by atoms with Crippen LogP contribution >= 0.6 is 0 Å². The Labute approximate surface area is 186 Å². The third-order valence-corrected chi connectivity index (χ3v) is 4.67. The van der Waals surface area contributed by atoms with Gasteiger partial charge in [0.05, 0.1) is 17.9 Å². The molecule has 0 aliphatic carbocycles. The Morgan fingerprint density at radius 1 is 1.09 bits per heavy atom. The second-order valence-corrected chi connectivity index (χ2v) is 7.49. The molecule has 16 heteroatoms. The molecule has 8 nitrogen and oxygen atoms in total. The number of nitrogens with one attached hydrogen (secondary N) is 3. The monoisotopic (exact) mass is 506 g/mol. The molecule has 190 valence electrons. The second-order valence-electron chi connectivity index (χ2n) is 7.49. The number of amides is 3. The van der Waals surface area contributed by atoms with E-state index in [-0.39, 0.29) is 11.4 Å². The first-order valence-electron chi connectivity index (χ1n) is 9.33. The Hall–Kier alpha value is -3.17. The molecule has 1 aromatic rings. The number of halogens is 8. The van der Waals surface area contributed by atoms with Crippen LogP contribution in [0.15, 0.2) is 24.3 Å². The molecule has 1 aliphatic rings. The fourth-order valence-electron chi connectivity index (χ4n) is 2.82. The number of hydrogen-bond donors (Lipinski definition) is 4. The Morgan fingerprint density at radius 3 is 2.24 bits per heavy atom. The molecule has 0 saturated heterocycles. The number of para-hydroxylation sites is 2. The summed E-state index contributed by atoms with van der Waals surface area (Å²) < 4.78 is 102. The largest absolute Gasteiger partial charge is 0.455 e. The Kier molecular flexibility index (Phi) is 7.35. The highest BCUT2D eigenvalue weighted by Crippen LogP contribution is 2.35. The maximum absolute atomic E-state index is 13.0. The summed E-state index contributed by atoms with van der Waals surface area (Å²) in [5.74, 6) is -10.1. The van der Waals surface area contributed by atoms with Gasteiger partial charge in [0.25, 0.3) is 11.8 Å². The molecule has 34 heavy (non-hydrogen) atoms. The number of benzene rings is 1. The molecular formula is C18H18F8N4O4. The summed E-state index contributed by atoms with van der Waals surface area (Å²) in [6.07, 6.45) is -10.8. The van der Waals surface area contributed by atoms with E-state index in [1.54, 1.807) is 0 Å². The highest BCUT2D eigenvalue weighted by Gasteiger charge is 2.58. The van der Waals surface area contributed by atoms with Crippen molar-refractivity contribution >= 4 is 29.1 Å². The lowest BCUT2D eigenvalue weighted by Crippen LogP contribution is -2.61. The molecular weight excluding hydrogens is 488 g/mol. The van der Waals surface area contributed by atoms with Crippen molar-refractivity contribution in [3.63, 3.8) is 0 Å². The van der Waals surface area contributed by atoms with Crippen molar-refractivity contribution in [3.8, 4) is 0 Å². The van der Waals surface area contributed by atoms with Gasteiger partial charge in [0, 0.05) is 6.54 Å². The van der Waals surface area contributed by atoms with Gasteiger partial charge in [-0.15, -0.1) is 0 Å². The van der Waals surface area contributed by atoms with E-state index in [0.717, 1.165) is 5.32 Å². The lowest BCUT2D eigenvalue weighted by atomic mass is 10.0. The smallest absolute Gasteiger partial charge is 0.372 e. The minimum Gasteiger partial charge on any atom is -0.372 e. The average Bonchev–Trinajstić information content (AvgIpc) is 2.80. The van der Waals surface area contributed by atoms with Crippen molar-refractivity contribution in [2.45, 2.75) is 36.8 Å². The lowest BCUT2D eigenvalue weighted by molar-refractivity contribution is -0.278. The SMILES string of the molecule is C[C@](O)(C(=O)NCC(F)(F)C(F)(F)F)C(=O)N[C@H]1CN(CC(F)(F)F)c2ccccc2NC1=O. The molecule has 0 fully saturated rings. The average molecular weight is 506 g/mol. The summed E-state index contributed by atoms with van der Waals surface area (Å²) in [6, 6.07) is 3.56. The summed E-state index contributed by atoms with van der Waals surface area (Å²) in [7, 11) is 0. The number of anilines is 2. The van der Waals surface area contributed by atoms with Crippen LogP contribution in [-0.4, -0.2) is 72.4 Å². The van der Waals surface area contributed by atoms with Gasteiger partial charge in [-0.1, -0.05) is 12.1 Å².